The number of para-hydroxylation sites is 3. The number of hydrogen-bond donors (Lipinski definition) is 0. The van der Waals surface area contributed by atoms with Crippen molar-refractivity contribution in [1.29, 1.82) is 0 Å². The van der Waals surface area contributed by atoms with Crippen LogP contribution in [0.15, 0.2) is 90.5 Å². The van der Waals surface area contributed by atoms with Crippen LogP contribution in [0, 0.1) is 12.3 Å². The molecule has 0 aromatic heterocycles. The Hall–Kier alpha value is -4.21. The molecule has 1 fully saturated rings. The van der Waals surface area contributed by atoms with Crippen molar-refractivity contribution in [2.75, 3.05) is 16.4 Å². The number of terminal acetylenes is 1. The highest BCUT2D eigenvalue weighted by atomic mass is 32.1. The Morgan fingerprint density at radius 2 is 1.31 bits per heavy atom. The van der Waals surface area contributed by atoms with Gasteiger partial charge in [-0.25, -0.2) is 0 Å². The number of thiocarbonyl (C=S) groups is 1. The second-order valence-corrected chi connectivity index (χ2v) is 7.19. The van der Waals surface area contributed by atoms with Crippen LogP contribution in [0.25, 0.3) is 6.08 Å². The van der Waals surface area contributed by atoms with Gasteiger partial charge >= 0.3 is 0 Å². The van der Waals surface area contributed by atoms with Crippen molar-refractivity contribution in [2.24, 2.45) is 0 Å². The Morgan fingerprint density at radius 3 is 1.84 bits per heavy atom. The van der Waals surface area contributed by atoms with Crippen LogP contribution < -0.4 is 14.5 Å². The third kappa shape index (κ3) is 4.02. The van der Waals surface area contributed by atoms with E-state index in [1.54, 1.807) is 72.8 Å². The first-order valence-electron chi connectivity index (χ1n) is 9.82. The lowest BCUT2D eigenvalue weighted by atomic mass is 10.0. The third-order valence-corrected chi connectivity index (χ3v) is 5.17. The smallest absolute Gasteiger partial charge is 0.270 e. The number of amides is 2. The minimum absolute atomic E-state index is 0.0388. The predicted molar refractivity (Wildman–Crippen MR) is 129 cm³/mol. The highest BCUT2D eigenvalue weighted by Gasteiger charge is 2.41. The highest BCUT2D eigenvalue weighted by molar-refractivity contribution is 7.81. The zero-order chi connectivity index (χ0) is 22.5. The van der Waals surface area contributed by atoms with Gasteiger partial charge in [0.2, 0.25) is 0 Å². The maximum atomic E-state index is 13.5. The van der Waals surface area contributed by atoms with Crippen LogP contribution in [0.2, 0.25) is 0 Å². The molecule has 0 saturated carbocycles. The molecule has 3 aromatic rings. The molecule has 5 nitrogen and oxygen atoms in total. The van der Waals surface area contributed by atoms with E-state index < -0.39 is 11.8 Å². The van der Waals surface area contributed by atoms with Crippen LogP contribution in [-0.4, -0.2) is 23.5 Å². The van der Waals surface area contributed by atoms with Gasteiger partial charge in [-0.1, -0.05) is 60.5 Å². The van der Waals surface area contributed by atoms with Gasteiger partial charge in [-0.3, -0.25) is 19.4 Å². The van der Waals surface area contributed by atoms with E-state index in [1.807, 2.05) is 12.1 Å². The van der Waals surface area contributed by atoms with Gasteiger partial charge in [0.05, 0.1) is 11.4 Å². The molecule has 4 rings (SSSR count). The second kappa shape index (κ2) is 9.29. The lowest BCUT2D eigenvalue weighted by molar-refractivity contribution is -0.120. The molecular formula is C26H18N2O3S. The zero-order valence-corrected chi connectivity index (χ0v) is 17.8. The molecule has 0 bridgehead atoms. The van der Waals surface area contributed by atoms with Gasteiger partial charge in [-0.2, -0.15) is 0 Å². The molecule has 156 valence electrons. The zero-order valence-electron chi connectivity index (χ0n) is 17.0. The van der Waals surface area contributed by atoms with E-state index in [1.165, 1.54) is 15.9 Å². The van der Waals surface area contributed by atoms with Gasteiger partial charge in [0.1, 0.15) is 17.9 Å². The van der Waals surface area contributed by atoms with Crippen LogP contribution in [0.3, 0.4) is 0 Å². The molecule has 0 unspecified atom stereocenters. The minimum Gasteiger partial charge on any atom is -0.480 e. The van der Waals surface area contributed by atoms with Crippen molar-refractivity contribution in [3.05, 3.63) is 96.1 Å². The molecule has 1 aliphatic rings. The number of carbonyl (C=O) groups is 2. The fourth-order valence-corrected chi connectivity index (χ4v) is 3.72. The van der Waals surface area contributed by atoms with Crippen molar-refractivity contribution in [3.63, 3.8) is 0 Å². The van der Waals surface area contributed by atoms with E-state index in [0.29, 0.717) is 22.7 Å². The molecule has 1 aliphatic heterocycles. The summed E-state index contributed by atoms with van der Waals surface area (Å²) in [4.78, 5) is 29.7. The molecule has 6 heteroatoms. The van der Waals surface area contributed by atoms with E-state index in [4.69, 9.17) is 23.4 Å². The van der Waals surface area contributed by atoms with Gasteiger partial charge in [-0.05, 0) is 48.6 Å². The molecule has 32 heavy (non-hydrogen) atoms. The van der Waals surface area contributed by atoms with Gasteiger partial charge in [0, 0.05) is 5.56 Å². The summed E-state index contributed by atoms with van der Waals surface area (Å²) in [6, 6.07) is 25.1. The maximum absolute atomic E-state index is 13.5. The summed E-state index contributed by atoms with van der Waals surface area (Å²) in [7, 11) is 0. The number of carbonyl (C=O) groups excluding carboxylic acids is 2. The van der Waals surface area contributed by atoms with Crippen molar-refractivity contribution < 1.29 is 14.3 Å². The number of ether oxygens (including phenoxy) is 1. The molecule has 2 amide bonds. The minimum atomic E-state index is -0.509. The van der Waals surface area contributed by atoms with E-state index in [-0.39, 0.29) is 17.3 Å². The number of hydrogen-bond acceptors (Lipinski definition) is 4. The molecule has 0 atom stereocenters. The summed E-state index contributed by atoms with van der Waals surface area (Å²) in [6.45, 7) is 0.0679. The number of rotatable bonds is 5. The summed E-state index contributed by atoms with van der Waals surface area (Å²) in [6.07, 6.45) is 6.83. The molecule has 0 radical (unpaired) electrons. The lowest BCUT2D eigenvalue weighted by Crippen LogP contribution is -2.56. The van der Waals surface area contributed by atoms with Crippen LogP contribution in [-0.2, 0) is 9.59 Å². The van der Waals surface area contributed by atoms with Crippen LogP contribution in [0.1, 0.15) is 5.56 Å². The summed E-state index contributed by atoms with van der Waals surface area (Å²) in [5, 5.41) is 0.0893. The molecule has 1 heterocycles. The maximum Gasteiger partial charge on any atom is 0.270 e. The van der Waals surface area contributed by atoms with Gasteiger partial charge in [0.15, 0.2) is 5.11 Å². The van der Waals surface area contributed by atoms with E-state index >= 15 is 0 Å². The highest BCUT2D eigenvalue weighted by Crippen LogP contribution is 2.31. The standard InChI is InChI=1S/C26H18N2O3S/c1-2-17-31-23-16-10-9-11-19(23)18-22-24(29)27(20-12-5-3-6-13-20)26(32)28(25(22)30)21-14-7-4-8-15-21/h1,3-16,18H,17H2. The largest absolute Gasteiger partial charge is 0.480 e. The van der Waals surface area contributed by atoms with Crippen molar-refractivity contribution in [2.45, 2.75) is 0 Å². The molecule has 0 N–H and O–H groups in total. The van der Waals surface area contributed by atoms with E-state index in [9.17, 15) is 9.59 Å². The first-order valence-corrected chi connectivity index (χ1v) is 10.2. The predicted octanol–water partition coefficient (Wildman–Crippen LogP) is 4.45. The Morgan fingerprint density at radius 1 is 0.812 bits per heavy atom. The Bertz CT molecular complexity index is 1180. The average molecular weight is 439 g/mol. The Labute approximate surface area is 191 Å². The number of nitrogens with zero attached hydrogens (tertiary/aromatic N) is 2. The lowest BCUT2D eigenvalue weighted by Gasteiger charge is -2.36. The van der Waals surface area contributed by atoms with Crippen molar-refractivity contribution in [1.82, 2.24) is 0 Å². The molecule has 0 spiro atoms. The number of anilines is 2. The summed E-state index contributed by atoms with van der Waals surface area (Å²) >= 11 is 5.60. The van der Waals surface area contributed by atoms with Crippen molar-refractivity contribution in [3.8, 4) is 18.1 Å². The second-order valence-electron chi connectivity index (χ2n) is 6.82. The molecule has 1 saturated heterocycles. The van der Waals surface area contributed by atoms with Gasteiger partial charge in [-0.15, -0.1) is 6.42 Å². The van der Waals surface area contributed by atoms with Crippen LogP contribution in [0.5, 0.6) is 5.75 Å². The fraction of sp³-hybridized carbons (Fsp3) is 0.0385. The molecule has 3 aromatic carbocycles. The summed E-state index contributed by atoms with van der Waals surface area (Å²) < 4.78 is 5.59. The van der Waals surface area contributed by atoms with Gasteiger partial charge in [0.25, 0.3) is 11.8 Å². The molecular weight excluding hydrogens is 420 g/mol. The molecule has 0 aliphatic carbocycles. The summed E-state index contributed by atoms with van der Waals surface area (Å²) in [5.41, 5.74) is 1.66. The first kappa shape index (κ1) is 21.0. The number of benzene rings is 3. The Kier molecular flexibility index (Phi) is 6.11. The normalized spacial score (nSPS) is 13.7. The van der Waals surface area contributed by atoms with Crippen LogP contribution in [0.4, 0.5) is 11.4 Å². The summed E-state index contributed by atoms with van der Waals surface area (Å²) in [5.74, 6) is 1.88. The SMILES string of the molecule is C#CCOc1ccccc1C=C1C(=O)N(c2ccccc2)C(=S)N(c2ccccc2)C1=O. The fourth-order valence-electron chi connectivity index (χ4n) is 3.35. The van der Waals surface area contributed by atoms with Crippen molar-refractivity contribution >= 4 is 46.6 Å². The van der Waals surface area contributed by atoms with E-state index in [0.717, 1.165) is 0 Å². The first-order chi connectivity index (χ1) is 15.6. The average Bonchev–Trinajstić information content (AvgIpc) is 2.82. The topological polar surface area (TPSA) is 49.9 Å². The third-order valence-electron chi connectivity index (χ3n) is 4.81. The van der Waals surface area contributed by atoms with E-state index in [2.05, 4.69) is 5.92 Å². The van der Waals surface area contributed by atoms with Gasteiger partial charge < -0.3 is 4.74 Å². The monoisotopic (exact) mass is 438 g/mol. The van der Waals surface area contributed by atoms with Crippen LogP contribution >= 0.6 is 12.2 Å². The Balaban J connectivity index is 1.86. The quantitative estimate of drug-likeness (QED) is 0.256.